The van der Waals surface area contributed by atoms with Crippen LogP contribution in [0.2, 0.25) is 5.02 Å². The fourth-order valence-electron chi connectivity index (χ4n) is 1.81. The molecule has 1 aromatic heterocycles. The first kappa shape index (κ1) is 14.9. The van der Waals surface area contributed by atoms with Crippen molar-refractivity contribution in [2.75, 3.05) is 5.75 Å². The third-order valence-corrected chi connectivity index (χ3v) is 4.98. The van der Waals surface area contributed by atoms with Crippen molar-refractivity contribution in [2.45, 2.75) is 24.4 Å². The number of nitrogens with two attached hydrogens (primary N) is 1. The predicted molar refractivity (Wildman–Crippen MR) is 84.7 cm³/mol. The predicted octanol–water partition coefficient (Wildman–Crippen LogP) is 4.11. The van der Waals surface area contributed by atoms with Gasteiger partial charge in [-0.2, -0.15) is 5.10 Å². The standard InChI is InChI=1S/C13H15BrClN3S/c1-2-18-13(9(14)7-17-18)11(16)8-19-12-6-4-3-5-10(12)15/h3-7,11H,2,8,16H2,1H3. The molecule has 0 saturated carbocycles. The molecule has 0 aliphatic carbocycles. The molecule has 0 fully saturated rings. The third kappa shape index (κ3) is 3.54. The number of rotatable bonds is 5. The average molecular weight is 361 g/mol. The van der Waals surface area contributed by atoms with E-state index in [-0.39, 0.29) is 6.04 Å². The molecular formula is C13H15BrClN3S. The van der Waals surface area contributed by atoms with E-state index in [0.717, 1.165) is 32.4 Å². The molecule has 0 aliphatic rings. The Morgan fingerprint density at radius 1 is 1.47 bits per heavy atom. The Hall–Kier alpha value is -0.490. The van der Waals surface area contributed by atoms with Gasteiger partial charge in [-0.25, -0.2) is 0 Å². The summed E-state index contributed by atoms with van der Waals surface area (Å²) in [5, 5.41) is 5.05. The van der Waals surface area contributed by atoms with Crippen molar-refractivity contribution in [3.05, 3.63) is 45.7 Å². The monoisotopic (exact) mass is 359 g/mol. The summed E-state index contributed by atoms with van der Waals surface area (Å²) in [5.74, 6) is 0.758. The van der Waals surface area contributed by atoms with E-state index in [0.29, 0.717) is 0 Å². The molecule has 1 heterocycles. The van der Waals surface area contributed by atoms with Crippen LogP contribution in [0.15, 0.2) is 39.8 Å². The van der Waals surface area contributed by atoms with Gasteiger partial charge < -0.3 is 5.73 Å². The number of nitrogens with zero attached hydrogens (tertiary/aromatic N) is 2. The number of benzene rings is 1. The van der Waals surface area contributed by atoms with Gasteiger partial charge in [0, 0.05) is 17.2 Å². The molecule has 0 spiro atoms. The smallest absolute Gasteiger partial charge is 0.0701 e. The molecule has 19 heavy (non-hydrogen) atoms. The quantitative estimate of drug-likeness (QED) is 0.816. The molecular weight excluding hydrogens is 346 g/mol. The van der Waals surface area contributed by atoms with Gasteiger partial charge in [-0.1, -0.05) is 23.7 Å². The van der Waals surface area contributed by atoms with Gasteiger partial charge >= 0.3 is 0 Å². The van der Waals surface area contributed by atoms with E-state index in [4.69, 9.17) is 17.3 Å². The molecule has 2 rings (SSSR count). The van der Waals surface area contributed by atoms with Gasteiger partial charge in [-0.05, 0) is 35.0 Å². The summed E-state index contributed by atoms with van der Waals surface area (Å²) in [6.07, 6.45) is 1.79. The van der Waals surface area contributed by atoms with Crippen molar-refractivity contribution in [1.82, 2.24) is 9.78 Å². The molecule has 102 valence electrons. The molecule has 0 saturated heterocycles. The van der Waals surface area contributed by atoms with E-state index in [9.17, 15) is 0 Å². The summed E-state index contributed by atoms with van der Waals surface area (Å²) in [7, 11) is 0. The Bertz CT molecular complexity index is 559. The summed E-state index contributed by atoms with van der Waals surface area (Å²) >= 11 is 11.3. The van der Waals surface area contributed by atoms with Crippen molar-refractivity contribution >= 4 is 39.3 Å². The highest BCUT2D eigenvalue weighted by Crippen LogP contribution is 2.31. The molecule has 2 N–H and O–H groups in total. The fraction of sp³-hybridized carbons (Fsp3) is 0.308. The zero-order chi connectivity index (χ0) is 13.8. The van der Waals surface area contributed by atoms with E-state index in [1.165, 1.54) is 0 Å². The Kier molecular flexibility index (Phi) is 5.33. The van der Waals surface area contributed by atoms with Crippen molar-refractivity contribution in [3.8, 4) is 0 Å². The summed E-state index contributed by atoms with van der Waals surface area (Å²) in [4.78, 5) is 1.05. The molecule has 1 atom stereocenters. The minimum absolute atomic E-state index is 0.0851. The number of aryl methyl sites for hydroxylation is 1. The Balaban J connectivity index is 2.07. The first-order valence-electron chi connectivity index (χ1n) is 5.97. The highest BCUT2D eigenvalue weighted by atomic mass is 79.9. The first-order chi connectivity index (χ1) is 9.13. The Morgan fingerprint density at radius 3 is 2.89 bits per heavy atom. The number of thioether (sulfide) groups is 1. The van der Waals surface area contributed by atoms with Crippen molar-refractivity contribution in [3.63, 3.8) is 0 Å². The molecule has 1 unspecified atom stereocenters. The second-order valence-electron chi connectivity index (χ2n) is 4.04. The second kappa shape index (κ2) is 6.79. The molecule has 6 heteroatoms. The molecule has 0 amide bonds. The lowest BCUT2D eigenvalue weighted by Crippen LogP contribution is -2.18. The van der Waals surface area contributed by atoms with Gasteiger partial charge in [0.1, 0.15) is 0 Å². The van der Waals surface area contributed by atoms with Crippen molar-refractivity contribution in [2.24, 2.45) is 5.73 Å². The van der Waals surface area contributed by atoms with Crippen LogP contribution in [0.3, 0.4) is 0 Å². The number of halogens is 2. The maximum absolute atomic E-state index is 6.26. The molecule has 0 bridgehead atoms. The zero-order valence-corrected chi connectivity index (χ0v) is 13.7. The van der Waals surface area contributed by atoms with Crippen LogP contribution < -0.4 is 5.73 Å². The van der Waals surface area contributed by atoms with Crippen LogP contribution in [0.4, 0.5) is 0 Å². The van der Waals surface area contributed by atoms with Crippen molar-refractivity contribution in [1.29, 1.82) is 0 Å². The normalized spacial score (nSPS) is 12.6. The van der Waals surface area contributed by atoms with Gasteiger partial charge in [-0.3, -0.25) is 4.68 Å². The first-order valence-corrected chi connectivity index (χ1v) is 8.13. The highest BCUT2D eigenvalue weighted by Gasteiger charge is 2.16. The van der Waals surface area contributed by atoms with Gasteiger partial charge in [-0.15, -0.1) is 11.8 Å². The highest BCUT2D eigenvalue weighted by molar-refractivity contribution is 9.10. The molecule has 1 aromatic carbocycles. The summed E-state index contributed by atoms with van der Waals surface area (Å²) in [6, 6.07) is 7.72. The van der Waals surface area contributed by atoms with Crippen LogP contribution in [-0.4, -0.2) is 15.5 Å². The van der Waals surface area contributed by atoms with E-state index >= 15 is 0 Å². The van der Waals surface area contributed by atoms with E-state index < -0.39 is 0 Å². The Labute approximate surface area is 130 Å². The maximum Gasteiger partial charge on any atom is 0.0701 e. The minimum atomic E-state index is -0.0851. The lowest BCUT2D eigenvalue weighted by atomic mass is 10.2. The van der Waals surface area contributed by atoms with Crippen LogP contribution in [0.5, 0.6) is 0 Å². The summed E-state index contributed by atoms with van der Waals surface area (Å²) in [5.41, 5.74) is 7.29. The molecule has 0 radical (unpaired) electrons. The van der Waals surface area contributed by atoms with E-state index in [1.807, 2.05) is 28.9 Å². The van der Waals surface area contributed by atoms with E-state index in [2.05, 4.69) is 28.0 Å². The van der Waals surface area contributed by atoms with Gasteiger partial charge in [0.15, 0.2) is 0 Å². The molecule has 2 aromatic rings. The second-order valence-corrected chi connectivity index (χ2v) is 6.36. The Morgan fingerprint density at radius 2 is 2.21 bits per heavy atom. The van der Waals surface area contributed by atoms with Crippen LogP contribution in [0, 0.1) is 0 Å². The minimum Gasteiger partial charge on any atom is -0.322 e. The van der Waals surface area contributed by atoms with E-state index in [1.54, 1.807) is 18.0 Å². The topological polar surface area (TPSA) is 43.8 Å². The number of hydrogen-bond acceptors (Lipinski definition) is 3. The average Bonchev–Trinajstić information content (AvgIpc) is 2.78. The maximum atomic E-state index is 6.26. The lowest BCUT2D eigenvalue weighted by Gasteiger charge is -2.14. The number of hydrogen-bond donors (Lipinski definition) is 1. The molecule has 3 nitrogen and oxygen atoms in total. The van der Waals surface area contributed by atoms with Crippen molar-refractivity contribution < 1.29 is 0 Å². The summed E-state index contributed by atoms with van der Waals surface area (Å²) < 4.78 is 2.88. The summed E-state index contributed by atoms with van der Waals surface area (Å²) in [6.45, 7) is 2.86. The largest absolute Gasteiger partial charge is 0.322 e. The number of aromatic nitrogens is 2. The van der Waals surface area contributed by atoms with Gasteiger partial charge in [0.05, 0.1) is 27.4 Å². The van der Waals surface area contributed by atoms with Gasteiger partial charge in [0.25, 0.3) is 0 Å². The fourth-order valence-corrected chi connectivity index (χ4v) is 3.60. The van der Waals surface area contributed by atoms with Gasteiger partial charge in [0.2, 0.25) is 0 Å². The van der Waals surface area contributed by atoms with Crippen LogP contribution >= 0.6 is 39.3 Å². The van der Waals surface area contributed by atoms with Crippen LogP contribution in [-0.2, 0) is 6.54 Å². The third-order valence-electron chi connectivity index (χ3n) is 2.74. The van der Waals surface area contributed by atoms with Crippen LogP contribution in [0.25, 0.3) is 0 Å². The SMILES string of the molecule is CCn1ncc(Br)c1C(N)CSc1ccccc1Cl. The lowest BCUT2D eigenvalue weighted by molar-refractivity contribution is 0.591. The zero-order valence-electron chi connectivity index (χ0n) is 10.5. The van der Waals surface area contributed by atoms with Crippen LogP contribution in [0.1, 0.15) is 18.7 Å². The molecule has 0 aliphatic heterocycles.